The summed E-state index contributed by atoms with van der Waals surface area (Å²) >= 11 is 0. The molecule has 0 spiro atoms. The fourth-order valence-corrected chi connectivity index (χ4v) is 3.79. The van der Waals surface area contributed by atoms with Gasteiger partial charge in [0.2, 0.25) is 0 Å². The van der Waals surface area contributed by atoms with E-state index in [4.69, 9.17) is 0 Å². The molecule has 1 aromatic rings. The van der Waals surface area contributed by atoms with Gasteiger partial charge >= 0.3 is 0 Å². The average molecular weight is 272 g/mol. The standard InChI is InChI=1S/C18H28N2/c1-14(2)16-9-7-15(8-10-16)13-20-12-4-6-18(20)17-5-3-11-19-17/h7-10,14,17-19H,3-6,11-13H2,1-2H3. The molecule has 0 radical (unpaired) electrons. The third-order valence-corrected chi connectivity index (χ3v) is 5.01. The van der Waals surface area contributed by atoms with Crippen molar-refractivity contribution in [2.24, 2.45) is 0 Å². The lowest BCUT2D eigenvalue weighted by Gasteiger charge is -2.29. The zero-order valence-electron chi connectivity index (χ0n) is 12.9. The quantitative estimate of drug-likeness (QED) is 0.902. The zero-order valence-corrected chi connectivity index (χ0v) is 12.9. The van der Waals surface area contributed by atoms with Crippen LogP contribution in [-0.2, 0) is 6.54 Å². The van der Waals surface area contributed by atoms with Gasteiger partial charge < -0.3 is 5.32 Å². The highest BCUT2D eigenvalue weighted by atomic mass is 15.2. The maximum Gasteiger partial charge on any atom is 0.0253 e. The van der Waals surface area contributed by atoms with Crippen molar-refractivity contribution in [3.8, 4) is 0 Å². The molecule has 110 valence electrons. The van der Waals surface area contributed by atoms with Crippen LogP contribution in [-0.4, -0.2) is 30.1 Å². The van der Waals surface area contributed by atoms with Crippen LogP contribution in [0, 0.1) is 0 Å². The molecule has 0 aromatic heterocycles. The Hall–Kier alpha value is -0.860. The minimum Gasteiger partial charge on any atom is -0.312 e. The first kappa shape index (κ1) is 14.1. The van der Waals surface area contributed by atoms with Crippen LogP contribution in [0.4, 0.5) is 0 Å². The Morgan fingerprint density at radius 2 is 1.95 bits per heavy atom. The minimum absolute atomic E-state index is 0.631. The van der Waals surface area contributed by atoms with Crippen molar-refractivity contribution in [3.63, 3.8) is 0 Å². The molecule has 2 nitrogen and oxygen atoms in total. The summed E-state index contributed by atoms with van der Waals surface area (Å²) in [5.41, 5.74) is 2.92. The Morgan fingerprint density at radius 1 is 1.15 bits per heavy atom. The topological polar surface area (TPSA) is 15.3 Å². The molecular weight excluding hydrogens is 244 g/mol. The van der Waals surface area contributed by atoms with Gasteiger partial charge in [-0.15, -0.1) is 0 Å². The summed E-state index contributed by atoms with van der Waals surface area (Å²) in [6.07, 6.45) is 5.47. The Labute approximate surface area is 123 Å². The number of hydrogen-bond acceptors (Lipinski definition) is 2. The Kier molecular flexibility index (Phi) is 4.42. The third-order valence-electron chi connectivity index (χ3n) is 5.01. The largest absolute Gasteiger partial charge is 0.312 e. The number of nitrogens with zero attached hydrogens (tertiary/aromatic N) is 1. The second kappa shape index (κ2) is 6.28. The van der Waals surface area contributed by atoms with Gasteiger partial charge in [-0.05, 0) is 55.8 Å². The highest BCUT2D eigenvalue weighted by Gasteiger charge is 2.32. The van der Waals surface area contributed by atoms with E-state index in [0.717, 1.165) is 18.6 Å². The van der Waals surface area contributed by atoms with Gasteiger partial charge in [0.1, 0.15) is 0 Å². The molecule has 1 N–H and O–H groups in total. The van der Waals surface area contributed by atoms with Crippen LogP contribution in [0.1, 0.15) is 56.6 Å². The van der Waals surface area contributed by atoms with E-state index in [0.29, 0.717) is 5.92 Å². The molecule has 20 heavy (non-hydrogen) atoms. The van der Waals surface area contributed by atoms with Gasteiger partial charge in [-0.3, -0.25) is 4.90 Å². The first-order valence-corrected chi connectivity index (χ1v) is 8.30. The smallest absolute Gasteiger partial charge is 0.0253 e. The number of benzene rings is 1. The molecule has 3 rings (SSSR count). The molecule has 2 heterocycles. The van der Waals surface area contributed by atoms with Crippen molar-refractivity contribution in [2.75, 3.05) is 13.1 Å². The van der Waals surface area contributed by atoms with Gasteiger partial charge in [0, 0.05) is 18.6 Å². The van der Waals surface area contributed by atoms with Crippen molar-refractivity contribution >= 4 is 0 Å². The van der Waals surface area contributed by atoms with Crippen molar-refractivity contribution in [2.45, 2.75) is 64.1 Å². The average Bonchev–Trinajstić information content (AvgIpc) is 3.09. The van der Waals surface area contributed by atoms with E-state index in [1.54, 1.807) is 0 Å². The lowest BCUT2D eigenvalue weighted by atomic mass is 10.0. The van der Waals surface area contributed by atoms with Gasteiger partial charge in [-0.2, -0.15) is 0 Å². The summed E-state index contributed by atoms with van der Waals surface area (Å²) in [4.78, 5) is 2.70. The van der Waals surface area contributed by atoms with Gasteiger partial charge in [0.15, 0.2) is 0 Å². The van der Waals surface area contributed by atoms with E-state index in [1.807, 2.05) is 0 Å². The second-order valence-corrected chi connectivity index (χ2v) is 6.78. The van der Waals surface area contributed by atoms with Crippen LogP contribution >= 0.6 is 0 Å². The lowest BCUT2D eigenvalue weighted by Crippen LogP contribution is -2.43. The lowest BCUT2D eigenvalue weighted by molar-refractivity contribution is 0.206. The molecule has 2 saturated heterocycles. The third kappa shape index (κ3) is 3.07. The number of hydrogen-bond donors (Lipinski definition) is 1. The summed E-state index contributed by atoms with van der Waals surface area (Å²) in [6, 6.07) is 10.8. The van der Waals surface area contributed by atoms with Gasteiger partial charge in [-0.1, -0.05) is 38.1 Å². The fourth-order valence-electron chi connectivity index (χ4n) is 3.79. The van der Waals surface area contributed by atoms with Crippen molar-refractivity contribution < 1.29 is 0 Å². The summed E-state index contributed by atoms with van der Waals surface area (Å²) in [5, 5.41) is 3.70. The predicted molar refractivity (Wildman–Crippen MR) is 85.0 cm³/mol. The number of rotatable bonds is 4. The van der Waals surface area contributed by atoms with Crippen molar-refractivity contribution in [1.82, 2.24) is 10.2 Å². The first-order chi connectivity index (χ1) is 9.74. The second-order valence-electron chi connectivity index (χ2n) is 6.78. The van der Waals surface area contributed by atoms with E-state index >= 15 is 0 Å². The van der Waals surface area contributed by atoms with Crippen LogP contribution in [0.5, 0.6) is 0 Å². The molecule has 2 heteroatoms. The molecule has 2 aliphatic rings. The number of nitrogens with one attached hydrogen (secondary N) is 1. The van der Waals surface area contributed by atoms with Crippen LogP contribution in [0.25, 0.3) is 0 Å². The summed E-state index contributed by atoms with van der Waals surface area (Å²) in [6.45, 7) is 8.14. The molecule has 0 aliphatic carbocycles. The predicted octanol–water partition coefficient (Wildman–Crippen LogP) is 3.53. The summed E-state index contributed by atoms with van der Waals surface area (Å²) in [5.74, 6) is 0.631. The van der Waals surface area contributed by atoms with Gasteiger partial charge in [0.25, 0.3) is 0 Å². The normalized spacial score (nSPS) is 27.6. The van der Waals surface area contributed by atoms with E-state index in [1.165, 1.54) is 49.9 Å². The first-order valence-electron chi connectivity index (χ1n) is 8.30. The summed E-state index contributed by atoms with van der Waals surface area (Å²) < 4.78 is 0. The summed E-state index contributed by atoms with van der Waals surface area (Å²) in [7, 11) is 0. The van der Waals surface area contributed by atoms with Gasteiger partial charge in [-0.25, -0.2) is 0 Å². The monoisotopic (exact) mass is 272 g/mol. The van der Waals surface area contributed by atoms with E-state index in [-0.39, 0.29) is 0 Å². The maximum atomic E-state index is 3.70. The zero-order chi connectivity index (χ0) is 13.9. The van der Waals surface area contributed by atoms with E-state index in [2.05, 4.69) is 48.3 Å². The molecule has 0 saturated carbocycles. The van der Waals surface area contributed by atoms with Crippen LogP contribution in [0.2, 0.25) is 0 Å². The molecule has 2 atom stereocenters. The Bertz CT molecular complexity index is 418. The highest BCUT2D eigenvalue weighted by molar-refractivity contribution is 5.24. The fraction of sp³-hybridized carbons (Fsp3) is 0.667. The molecule has 0 bridgehead atoms. The van der Waals surface area contributed by atoms with Crippen LogP contribution < -0.4 is 5.32 Å². The van der Waals surface area contributed by atoms with Crippen molar-refractivity contribution in [1.29, 1.82) is 0 Å². The molecule has 0 amide bonds. The number of likely N-dealkylation sites (tertiary alicyclic amines) is 1. The molecule has 2 aliphatic heterocycles. The van der Waals surface area contributed by atoms with Crippen LogP contribution in [0.3, 0.4) is 0 Å². The Morgan fingerprint density at radius 3 is 2.60 bits per heavy atom. The molecule has 2 fully saturated rings. The highest BCUT2D eigenvalue weighted by Crippen LogP contribution is 2.26. The molecular formula is C18H28N2. The van der Waals surface area contributed by atoms with Crippen molar-refractivity contribution in [3.05, 3.63) is 35.4 Å². The van der Waals surface area contributed by atoms with E-state index < -0.39 is 0 Å². The van der Waals surface area contributed by atoms with Gasteiger partial charge in [0.05, 0.1) is 0 Å². The minimum atomic E-state index is 0.631. The van der Waals surface area contributed by atoms with Crippen LogP contribution in [0.15, 0.2) is 24.3 Å². The SMILES string of the molecule is CC(C)c1ccc(CN2CCCC2C2CCCN2)cc1. The maximum absolute atomic E-state index is 3.70. The molecule has 1 aromatic carbocycles. The Balaban J connectivity index is 1.63. The van der Waals surface area contributed by atoms with E-state index in [9.17, 15) is 0 Å². The molecule has 2 unspecified atom stereocenters.